The highest BCUT2D eigenvalue weighted by atomic mass is 79.9. The fraction of sp³-hybridized carbons (Fsp3) is 0.417. The van der Waals surface area contributed by atoms with Crippen molar-refractivity contribution in [3.8, 4) is 5.75 Å². The summed E-state index contributed by atoms with van der Waals surface area (Å²) in [6.07, 6.45) is 0.897. The molecule has 82 valence electrons. The van der Waals surface area contributed by atoms with Gasteiger partial charge in [0.05, 0.1) is 11.9 Å². The fourth-order valence-corrected chi connectivity index (χ4v) is 1.75. The number of benzene rings is 1. The zero-order valence-electron chi connectivity index (χ0n) is 9.21. The van der Waals surface area contributed by atoms with Crippen molar-refractivity contribution in [1.82, 2.24) is 0 Å². The minimum absolute atomic E-state index is 0.113. The van der Waals surface area contributed by atoms with Crippen LogP contribution in [0, 0.1) is 0 Å². The lowest BCUT2D eigenvalue weighted by molar-refractivity contribution is -0.116. The van der Waals surface area contributed by atoms with E-state index in [1.807, 2.05) is 18.2 Å². The van der Waals surface area contributed by atoms with Crippen molar-refractivity contribution >= 4 is 21.7 Å². The first-order valence-corrected chi connectivity index (χ1v) is 5.83. The molecule has 0 aliphatic carbocycles. The van der Waals surface area contributed by atoms with Crippen molar-refractivity contribution in [3.05, 3.63) is 29.3 Å². The molecule has 0 spiro atoms. The van der Waals surface area contributed by atoms with Crippen LogP contribution < -0.4 is 4.74 Å². The second-order valence-corrected chi connectivity index (χ2v) is 4.31. The number of methoxy groups -OCH3 is 1. The Morgan fingerprint density at radius 3 is 2.67 bits per heavy atom. The molecule has 1 rings (SSSR count). The first kappa shape index (κ1) is 12.2. The lowest BCUT2D eigenvalue weighted by Crippen LogP contribution is -2.02. The highest BCUT2D eigenvalue weighted by Crippen LogP contribution is 2.28. The molecule has 0 heterocycles. The molecule has 2 nitrogen and oxygen atoms in total. The van der Waals surface area contributed by atoms with Gasteiger partial charge in [-0.2, -0.15) is 0 Å². The lowest BCUT2D eigenvalue weighted by atomic mass is 10.0. The fourth-order valence-electron chi connectivity index (χ4n) is 1.47. The Morgan fingerprint density at radius 2 is 2.20 bits per heavy atom. The van der Waals surface area contributed by atoms with Crippen LogP contribution in [0.15, 0.2) is 18.2 Å². The Labute approximate surface area is 98.8 Å². The van der Waals surface area contributed by atoms with Crippen molar-refractivity contribution in [2.45, 2.75) is 25.1 Å². The third kappa shape index (κ3) is 2.81. The summed E-state index contributed by atoms with van der Waals surface area (Å²) in [4.78, 5) is 11.0. The highest BCUT2D eigenvalue weighted by Gasteiger charge is 2.14. The number of halogens is 1. The van der Waals surface area contributed by atoms with Crippen LogP contribution in [-0.4, -0.2) is 12.9 Å². The summed E-state index contributed by atoms with van der Waals surface area (Å²) >= 11 is 3.37. The molecule has 1 aromatic carbocycles. The molecule has 0 N–H and O–H groups in total. The van der Waals surface area contributed by atoms with Crippen molar-refractivity contribution in [3.63, 3.8) is 0 Å². The van der Waals surface area contributed by atoms with Gasteiger partial charge in [-0.15, -0.1) is 0 Å². The Morgan fingerprint density at radius 1 is 1.53 bits per heavy atom. The van der Waals surface area contributed by atoms with E-state index in [4.69, 9.17) is 4.74 Å². The maximum atomic E-state index is 11.2. The molecule has 0 fully saturated rings. The Hall–Kier alpha value is -0.830. The van der Waals surface area contributed by atoms with E-state index in [1.54, 1.807) is 14.0 Å². The van der Waals surface area contributed by atoms with Gasteiger partial charge < -0.3 is 4.74 Å². The van der Waals surface area contributed by atoms with E-state index in [-0.39, 0.29) is 10.6 Å². The largest absolute Gasteiger partial charge is 0.496 e. The quantitative estimate of drug-likeness (QED) is 0.785. The van der Waals surface area contributed by atoms with Crippen molar-refractivity contribution in [2.75, 3.05) is 7.11 Å². The minimum Gasteiger partial charge on any atom is -0.496 e. The van der Waals surface area contributed by atoms with E-state index in [0.717, 1.165) is 23.3 Å². The number of hydrogen-bond donors (Lipinski definition) is 0. The molecule has 1 atom stereocenters. The zero-order valence-corrected chi connectivity index (χ0v) is 10.8. The predicted molar refractivity (Wildman–Crippen MR) is 64.7 cm³/mol. The zero-order chi connectivity index (χ0) is 11.4. The van der Waals surface area contributed by atoms with Gasteiger partial charge >= 0.3 is 0 Å². The summed E-state index contributed by atoms with van der Waals surface area (Å²) in [6.45, 7) is 3.65. The number of carbonyl (C=O) groups excluding carboxylic acids is 1. The highest BCUT2D eigenvalue weighted by molar-refractivity contribution is 9.09. The monoisotopic (exact) mass is 270 g/mol. The van der Waals surface area contributed by atoms with E-state index < -0.39 is 0 Å². The first-order valence-electron chi connectivity index (χ1n) is 4.91. The second-order valence-electron chi connectivity index (χ2n) is 3.40. The molecule has 0 aliphatic rings. The van der Waals surface area contributed by atoms with Crippen molar-refractivity contribution < 1.29 is 9.53 Å². The van der Waals surface area contributed by atoms with Crippen LogP contribution >= 0.6 is 15.9 Å². The Bertz CT molecular complexity index is 361. The molecule has 15 heavy (non-hydrogen) atoms. The number of ether oxygens (including phenoxy) is 1. The summed E-state index contributed by atoms with van der Waals surface area (Å²) in [5.74, 6) is 0.992. The van der Waals surface area contributed by atoms with Gasteiger partial charge in [0.1, 0.15) is 11.5 Å². The number of hydrogen-bond acceptors (Lipinski definition) is 2. The molecule has 0 aromatic heterocycles. The van der Waals surface area contributed by atoms with Gasteiger partial charge in [0.25, 0.3) is 0 Å². The smallest absolute Gasteiger partial charge is 0.147 e. The maximum Gasteiger partial charge on any atom is 0.147 e. The summed E-state index contributed by atoms with van der Waals surface area (Å²) < 4.78 is 5.23. The molecular formula is C12H15BrO2. The topological polar surface area (TPSA) is 26.3 Å². The van der Waals surface area contributed by atoms with Gasteiger partial charge in [-0.1, -0.05) is 35.0 Å². The molecule has 1 aromatic rings. The maximum absolute atomic E-state index is 11.2. The number of alkyl halides is 1. The molecule has 1 unspecified atom stereocenters. The third-order valence-corrected chi connectivity index (χ3v) is 3.51. The van der Waals surface area contributed by atoms with Crippen molar-refractivity contribution in [1.29, 1.82) is 0 Å². The minimum atomic E-state index is -0.214. The molecule has 3 heteroatoms. The molecule has 0 saturated heterocycles. The van der Waals surface area contributed by atoms with Crippen LogP contribution in [0.25, 0.3) is 0 Å². The van der Waals surface area contributed by atoms with E-state index in [9.17, 15) is 4.79 Å². The summed E-state index contributed by atoms with van der Waals surface area (Å²) in [5, 5.41) is 0. The van der Waals surface area contributed by atoms with Crippen LogP contribution in [0.2, 0.25) is 0 Å². The normalized spacial score (nSPS) is 12.3. The van der Waals surface area contributed by atoms with E-state index >= 15 is 0 Å². The molecule has 0 aliphatic heterocycles. The molecule has 0 amide bonds. The lowest BCUT2D eigenvalue weighted by Gasteiger charge is -2.11. The molecule has 0 saturated carbocycles. The second kappa shape index (κ2) is 5.31. The summed E-state index contributed by atoms with van der Waals surface area (Å²) in [7, 11) is 1.66. The van der Waals surface area contributed by atoms with Gasteiger partial charge in [-0.25, -0.2) is 0 Å². The van der Waals surface area contributed by atoms with E-state index in [2.05, 4.69) is 22.9 Å². The average Bonchev–Trinajstić information content (AvgIpc) is 2.26. The number of aryl methyl sites for hydroxylation is 1. The SMILES string of the molecule is CCc1cc(C(Br)C(C)=O)ccc1OC. The summed E-state index contributed by atoms with van der Waals surface area (Å²) in [6, 6.07) is 5.84. The third-order valence-electron chi connectivity index (χ3n) is 2.33. The Balaban J connectivity index is 3.07. The van der Waals surface area contributed by atoms with Crippen LogP contribution in [0.5, 0.6) is 5.75 Å². The van der Waals surface area contributed by atoms with Gasteiger partial charge in [0.2, 0.25) is 0 Å². The number of rotatable bonds is 4. The number of Topliss-reactive ketones (excluding diaryl/α,β-unsaturated/α-hetero) is 1. The number of carbonyl (C=O) groups is 1. The van der Waals surface area contributed by atoms with Crippen LogP contribution in [0.4, 0.5) is 0 Å². The van der Waals surface area contributed by atoms with Gasteiger partial charge in [-0.05, 0) is 30.5 Å². The van der Waals surface area contributed by atoms with Gasteiger partial charge in [0, 0.05) is 0 Å². The van der Waals surface area contributed by atoms with Crippen LogP contribution in [0.1, 0.15) is 29.8 Å². The number of ketones is 1. The standard InChI is InChI=1S/C12H15BrO2/c1-4-9-7-10(12(13)8(2)14)5-6-11(9)15-3/h5-7,12H,4H2,1-3H3. The molecule has 0 bridgehead atoms. The Kier molecular flexibility index (Phi) is 4.33. The van der Waals surface area contributed by atoms with E-state index in [1.165, 1.54) is 0 Å². The first-order chi connectivity index (χ1) is 7.10. The van der Waals surface area contributed by atoms with Crippen LogP contribution in [0.3, 0.4) is 0 Å². The van der Waals surface area contributed by atoms with Crippen molar-refractivity contribution in [2.24, 2.45) is 0 Å². The molecular weight excluding hydrogens is 256 g/mol. The average molecular weight is 271 g/mol. The summed E-state index contributed by atoms with van der Waals surface area (Å²) in [5.41, 5.74) is 2.11. The van der Waals surface area contributed by atoms with Gasteiger partial charge in [0.15, 0.2) is 0 Å². The molecule has 0 radical (unpaired) electrons. The predicted octanol–water partition coefficient (Wildman–Crippen LogP) is 3.28. The van der Waals surface area contributed by atoms with Crippen LogP contribution in [-0.2, 0) is 11.2 Å². The van der Waals surface area contributed by atoms with Gasteiger partial charge in [-0.3, -0.25) is 4.79 Å². The van der Waals surface area contributed by atoms with E-state index in [0.29, 0.717) is 0 Å².